The van der Waals surface area contributed by atoms with Gasteiger partial charge in [0.1, 0.15) is 6.61 Å². The zero-order chi connectivity index (χ0) is 26.2. The summed E-state index contributed by atoms with van der Waals surface area (Å²) in [5, 5.41) is 0. The molecule has 0 spiro atoms. The Balaban J connectivity index is 4.41. The van der Waals surface area contributed by atoms with Gasteiger partial charge in [-0.25, -0.2) is 4.57 Å². The monoisotopic (exact) mass is 523 g/mol. The minimum absolute atomic E-state index is 0.0565. The van der Waals surface area contributed by atoms with E-state index in [4.69, 9.17) is 24.3 Å². The fourth-order valence-corrected chi connectivity index (χ4v) is 4.22. The highest BCUT2D eigenvalue weighted by Crippen LogP contribution is 2.43. The van der Waals surface area contributed by atoms with Crippen LogP contribution in [0.4, 0.5) is 0 Å². The molecule has 208 valence electrons. The lowest BCUT2D eigenvalue weighted by atomic mass is 10.1. The maximum atomic E-state index is 12.3. The van der Waals surface area contributed by atoms with Crippen LogP contribution in [0.3, 0.4) is 0 Å². The van der Waals surface area contributed by atoms with Gasteiger partial charge in [0.15, 0.2) is 6.10 Å². The third-order valence-electron chi connectivity index (χ3n) is 5.49. The summed E-state index contributed by atoms with van der Waals surface area (Å²) in [6.07, 6.45) is 14.6. The number of rotatable bonds is 25. The molecule has 35 heavy (non-hydrogen) atoms. The molecular weight excluding hydrogens is 473 g/mol. The predicted octanol–water partition coefficient (Wildman–Crippen LogP) is 5.82. The van der Waals surface area contributed by atoms with Gasteiger partial charge < -0.3 is 20.1 Å². The molecule has 0 aromatic carbocycles. The first-order chi connectivity index (χ1) is 16.8. The molecule has 0 bridgehead atoms. The van der Waals surface area contributed by atoms with Crippen molar-refractivity contribution in [1.29, 1.82) is 0 Å². The fourth-order valence-electron chi connectivity index (χ4n) is 3.45. The maximum absolute atomic E-state index is 12.3. The molecule has 0 rings (SSSR count). The summed E-state index contributed by atoms with van der Waals surface area (Å²) in [7, 11) is -4.34. The van der Waals surface area contributed by atoms with Gasteiger partial charge in [-0.05, 0) is 12.8 Å². The third-order valence-corrected chi connectivity index (χ3v) is 6.48. The lowest BCUT2D eigenvalue weighted by molar-refractivity contribution is -0.161. The minimum atomic E-state index is -4.34. The highest BCUT2D eigenvalue weighted by atomic mass is 31.2. The molecule has 3 N–H and O–H groups in total. The quantitative estimate of drug-likeness (QED) is 0.0862. The van der Waals surface area contributed by atoms with Crippen molar-refractivity contribution in [2.75, 3.05) is 26.4 Å². The second-order valence-corrected chi connectivity index (χ2v) is 10.4. The Morgan fingerprint density at radius 3 is 1.74 bits per heavy atom. The van der Waals surface area contributed by atoms with Crippen molar-refractivity contribution in [3.05, 3.63) is 0 Å². The van der Waals surface area contributed by atoms with E-state index in [1.54, 1.807) is 0 Å². The Hall–Kier alpha value is -0.990. The lowest BCUT2D eigenvalue weighted by Crippen LogP contribution is -2.29. The predicted molar refractivity (Wildman–Crippen MR) is 137 cm³/mol. The van der Waals surface area contributed by atoms with E-state index in [0.29, 0.717) is 6.42 Å². The summed E-state index contributed by atoms with van der Waals surface area (Å²) in [5.74, 6) is -0.843. The summed E-state index contributed by atoms with van der Waals surface area (Å²) in [6, 6.07) is 0. The fraction of sp³-hybridized carbons (Fsp3) is 0.920. The number of ether oxygens (including phenoxy) is 2. The van der Waals surface area contributed by atoms with E-state index < -0.39 is 32.5 Å². The van der Waals surface area contributed by atoms with Crippen LogP contribution in [0.25, 0.3) is 0 Å². The second kappa shape index (κ2) is 23.4. The van der Waals surface area contributed by atoms with Crippen molar-refractivity contribution < 1.29 is 37.6 Å². The largest absolute Gasteiger partial charge is 0.472 e. The van der Waals surface area contributed by atoms with Crippen LogP contribution in [0.2, 0.25) is 0 Å². The molecule has 0 amide bonds. The SMILES string of the molecule is CCCCCCCCCC(=O)OC[C@H](COP(=O)(O)OCCN)OC(=O)CCCCCCCCC. The average Bonchev–Trinajstić information content (AvgIpc) is 2.83. The summed E-state index contributed by atoms with van der Waals surface area (Å²) in [6.45, 7) is 3.59. The van der Waals surface area contributed by atoms with Crippen LogP contribution in [0.5, 0.6) is 0 Å². The number of phosphoric ester groups is 1. The molecule has 0 aromatic rings. The molecule has 0 aromatic heterocycles. The van der Waals surface area contributed by atoms with Gasteiger partial charge in [-0.3, -0.25) is 18.6 Å². The summed E-state index contributed by atoms with van der Waals surface area (Å²) >= 11 is 0. The first kappa shape index (κ1) is 34.0. The summed E-state index contributed by atoms with van der Waals surface area (Å²) < 4.78 is 32.1. The highest BCUT2D eigenvalue weighted by Gasteiger charge is 2.25. The number of phosphoric acid groups is 1. The van der Waals surface area contributed by atoms with Gasteiger partial charge in [-0.15, -0.1) is 0 Å². The van der Waals surface area contributed by atoms with E-state index >= 15 is 0 Å². The Morgan fingerprint density at radius 2 is 1.23 bits per heavy atom. The third kappa shape index (κ3) is 23.2. The standard InChI is InChI=1S/C25H50NO8P/c1-3-5-7-9-11-13-15-17-24(27)31-21-23(22-33-35(29,30)32-20-19-26)34-25(28)18-16-14-12-10-8-6-4-2/h23H,3-22,26H2,1-2H3,(H,29,30)/t23-/m1/s1. The highest BCUT2D eigenvalue weighted by molar-refractivity contribution is 7.47. The Bertz CT molecular complexity index is 576. The van der Waals surface area contributed by atoms with Crippen LogP contribution in [-0.4, -0.2) is 49.3 Å². The van der Waals surface area contributed by atoms with E-state index in [-0.39, 0.29) is 32.6 Å². The molecule has 2 atom stereocenters. The number of carbonyl (C=O) groups is 2. The zero-order valence-electron chi connectivity index (χ0n) is 22.0. The average molecular weight is 524 g/mol. The summed E-state index contributed by atoms with van der Waals surface area (Å²) in [4.78, 5) is 34.0. The van der Waals surface area contributed by atoms with Gasteiger partial charge in [-0.2, -0.15) is 0 Å². The van der Waals surface area contributed by atoms with Crippen LogP contribution >= 0.6 is 7.82 Å². The van der Waals surface area contributed by atoms with Crippen molar-refractivity contribution >= 4 is 19.8 Å². The van der Waals surface area contributed by atoms with Gasteiger partial charge in [0.05, 0.1) is 13.2 Å². The number of nitrogens with two attached hydrogens (primary N) is 1. The molecule has 0 aliphatic heterocycles. The Labute approximate surface area is 212 Å². The van der Waals surface area contributed by atoms with Crippen LogP contribution in [0, 0.1) is 0 Å². The van der Waals surface area contributed by atoms with Crippen LogP contribution in [-0.2, 0) is 32.7 Å². The molecule has 0 radical (unpaired) electrons. The van der Waals surface area contributed by atoms with Crippen molar-refractivity contribution in [1.82, 2.24) is 0 Å². The molecule has 0 saturated carbocycles. The molecule has 10 heteroatoms. The number of hydrogen-bond donors (Lipinski definition) is 2. The Morgan fingerprint density at radius 1 is 0.743 bits per heavy atom. The molecule has 0 fully saturated rings. The molecular formula is C25H50NO8P. The van der Waals surface area contributed by atoms with Crippen LogP contribution in [0.1, 0.15) is 117 Å². The van der Waals surface area contributed by atoms with Crippen LogP contribution in [0.15, 0.2) is 0 Å². The van der Waals surface area contributed by atoms with Crippen molar-refractivity contribution in [3.8, 4) is 0 Å². The van der Waals surface area contributed by atoms with Crippen LogP contribution < -0.4 is 5.73 Å². The van der Waals surface area contributed by atoms with Crippen molar-refractivity contribution in [2.45, 2.75) is 123 Å². The van der Waals surface area contributed by atoms with Gasteiger partial charge in [0.2, 0.25) is 0 Å². The number of carbonyl (C=O) groups excluding carboxylic acids is 2. The maximum Gasteiger partial charge on any atom is 0.472 e. The number of unbranched alkanes of at least 4 members (excludes halogenated alkanes) is 12. The first-order valence-corrected chi connectivity index (χ1v) is 15.0. The first-order valence-electron chi connectivity index (χ1n) is 13.5. The zero-order valence-corrected chi connectivity index (χ0v) is 22.9. The van der Waals surface area contributed by atoms with Crippen molar-refractivity contribution in [3.63, 3.8) is 0 Å². The summed E-state index contributed by atoms with van der Waals surface area (Å²) in [5.41, 5.74) is 5.27. The van der Waals surface area contributed by atoms with Gasteiger partial charge in [0, 0.05) is 19.4 Å². The molecule has 0 aliphatic rings. The molecule has 0 heterocycles. The van der Waals surface area contributed by atoms with Gasteiger partial charge in [0.25, 0.3) is 0 Å². The lowest BCUT2D eigenvalue weighted by Gasteiger charge is -2.19. The number of esters is 2. The topological polar surface area (TPSA) is 134 Å². The second-order valence-electron chi connectivity index (χ2n) is 8.92. The van der Waals surface area contributed by atoms with E-state index in [1.807, 2.05) is 0 Å². The molecule has 9 nitrogen and oxygen atoms in total. The van der Waals surface area contributed by atoms with Crippen molar-refractivity contribution in [2.24, 2.45) is 5.73 Å². The van der Waals surface area contributed by atoms with E-state index in [9.17, 15) is 19.0 Å². The van der Waals surface area contributed by atoms with E-state index in [2.05, 4.69) is 13.8 Å². The normalized spacial score (nSPS) is 13.8. The Kier molecular flexibility index (Phi) is 22.7. The molecule has 0 aliphatic carbocycles. The smallest absolute Gasteiger partial charge is 0.462 e. The van der Waals surface area contributed by atoms with E-state index in [0.717, 1.165) is 38.5 Å². The minimum Gasteiger partial charge on any atom is -0.462 e. The number of hydrogen-bond acceptors (Lipinski definition) is 8. The van der Waals surface area contributed by atoms with E-state index in [1.165, 1.54) is 44.9 Å². The molecule has 0 saturated heterocycles. The van der Waals surface area contributed by atoms with Gasteiger partial charge in [-0.1, -0.05) is 90.9 Å². The molecule has 1 unspecified atom stereocenters. The van der Waals surface area contributed by atoms with Gasteiger partial charge >= 0.3 is 19.8 Å².